The van der Waals surface area contributed by atoms with Gasteiger partial charge in [-0.05, 0) is 31.1 Å². The highest BCUT2D eigenvalue weighted by atomic mass is 16.5. The van der Waals surface area contributed by atoms with Crippen LogP contribution in [-0.4, -0.2) is 35.7 Å². The third-order valence-electron chi connectivity index (χ3n) is 4.56. The zero-order chi connectivity index (χ0) is 13.9. The van der Waals surface area contributed by atoms with Crippen molar-refractivity contribution >= 4 is 5.82 Å². The van der Waals surface area contributed by atoms with Crippen LogP contribution in [0.15, 0.2) is 12.4 Å². The zero-order valence-corrected chi connectivity index (χ0v) is 12.2. The second-order valence-corrected chi connectivity index (χ2v) is 5.99. The van der Waals surface area contributed by atoms with Crippen molar-refractivity contribution in [2.75, 3.05) is 24.6 Å². The second-order valence-electron chi connectivity index (χ2n) is 5.99. The smallest absolute Gasteiger partial charge is 0.218 e. The predicted molar refractivity (Wildman–Crippen MR) is 78.8 cm³/mol. The van der Waals surface area contributed by atoms with Crippen LogP contribution in [0.2, 0.25) is 0 Å². The van der Waals surface area contributed by atoms with Crippen LogP contribution in [0.3, 0.4) is 0 Å². The summed E-state index contributed by atoms with van der Waals surface area (Å²) in [7, 11) is 0. The predicted octanol–water partition coefficient (Wildman–Crippen LogP) is 1.83. The third-order valence-corrected chi connectivity index (χ3v) is 4.56. The summed E-state index contributed by atoms with van der Waals surface area (Å²) in [6.07, 6.45) is 6.33. The molecule has 1 saturated heterocycles. The van der Waals surface area contributed by atoms with Gasteiger partial charge in [0.05, 0.1) is 6.61 Å². The summed E-state index contributed by atoms with van der Waals surface area (Å²) in [5, 5.41) is 0. The topological polar surface area (TPSA) is 64.3 Å². The Morgan fingerprint density at radius 2 is 2.25 bits per heavy atom. The summed E-state index contributed by atoms with van der Waals surface area (Å²) < 4.78 is 5.59. The molecule has 0 radical (unpaired) electrons. The largest absolute Gasteiger partial charge is 0.478 e. The van der Waals surface area contributed by atoms with Crippen LogP contribution in [0.4, 0.5) is 5.82 Å². The van der Waals surface area contributed by atoms with Gasteiger partial charge in [0.1, 0.15) is 12.1 Å². The number of aromatic nitrogens is 2. The molecule has 2 heterocycles. The lowest BCUT2D eigenvalue weighted by atomic mass is 9.78. The normalized spacial score (nSPS) is 29.3. The molecule has 1 aromatic heterocycles. The maximum absolute atomic E-state index is 6.27. The Morgan fingerprint density at radius 1 is 1.35 bits per heavy atom. The molecule has 110 valence electrons. The minimum absolute atomic E-state index is 0.358. The molecule has 0 spiro atoms. The van der Waals surface area contributed by atoms with Crippen molar-refractivity contribution in [1.82, 2.24) is 9.97 Å². The molecular weight excluding hydrogens is 252 g/mol. The molecule has 1 saturated carbocycles. The number of rotatable bonds is 4. The fraction of sp³-hybridized carbons (Fsp3) is 0.733. The first kappa shape index (κ1) is 13.6. The Kier molecular flexibility index (Phi) is 4.05. The summed E-state index contributed by atoms with van der Waals surface area (Å²) in [6, 6.07) is 2.31. The molecule has 2 N–H and O–H groups in total. The van der Waals surface area contributed by atoms with Crippen molar-refractivity contribution in [1.29, 1.82) is 0 Å². The quantitative estimate of drug-likeness (QED) is 0.909. The van der Waals surface area contributed by atoms with E-state index in [-0.39, 0.29) is 0 Å². The van der Waals surface area contributed by atoms with Crippen LogP contribution >= 0.6 is 0 Å². The average molecular weight is 276 g/mol. The first-order valence-corrected chi connectivity index (χ1v) is 7.73. The van der Waals surface area contributed by atoms with Gasteiger partial charge in [-0.25, -0.2) is 9.97 Å². The fourth-order valence-corrected chi connectivity index (χ4v) is 3.49. The van der Waals surface area contributed by atoms with Crippen molar-refractivity contribution < 1.29 is 4.74 Å². The molecular formula is C15H24N4O. The summed E-state index contributed by atoms with van der Waals surface area (Å²) in [4.78, 5) is 10.9. The monoisotopic (exact) mass is 276 g/mol. The lowest BCUT2D eigenvalue weighted by molar-refractivity contribution is 0.260. The third kappa shape index (κ3) is 2.73. The van der Waals surface area contributed by atoms with E-state index in [1.54, 1.807) is 6.33 Å². The van der Waals surface area contributed by atoms with Gasteiger partial charge in [0.15, 0.2) is 0 Å². The van der Waals surface area contributed by atoms with Gasteiger partial charge in [-0.3, -0.25) is 0 Å². The minimum Gasteiger partial charge on any atom is -0.478 e. The molecule has 2 fully saturated rings. The van der Waals surface area contributed by atoms with E-state index in [2.05, 4.69) is 21.8 Å². The number of anilines is 1. The van der Waals surface area contributed by atoms with Gasteiger partial charge >= 0.3 is 0 Å². The van der Waals surface area contributed by atoms with Crippen molar-refractivity contribution in [3.05, 3.63) is 12.4 Å². The maximum Gasteiger partial charge on any atom is 0.218 e. The highest BCUT2D eigenvalue weighted by molar-refractivity contribution is 5.42. The zero-order valence-electron chi connectivity index (χ0n) is 12.2. The van der Waals surface area contributed by atoms with Crippen LogP contribution in [-0.2, 0) is 0 Å². The summed E-state index contributed by atoms with van der Waals surface area (Å²) in [5.41, 5.74) is 6.27. The van der Waals surface area contributed by atoms with Gasteiger partial charge in [0, 0.05) is 25.2 Å². The Bertz CT molecular complexity index is 453. The van der Waals surface area contributed by atoms with E-state index in [4.69, 9.17) is 10.5 Å². The van der Waals surface area contributed by atoms with Crippen molar-refractivity contribution in [2.45, 2.75) is 38.6 Å². The lowest BCUT2D eigenvalue weighted by Crippen LogP contribution is -2.38. The molecule has 3 unspecified atom stereocenters. The Hall–Kier alpha value is -1.36. The molecule has 20 heavy (non-hydrogen) atoms. The van der Waals surface area contributed by atoms with Crippen molar-refractivity contribution in [3.8, 4) is 5.88 Å². The second kappa shape index (κ2) is 5.95. The van der Waals surface area contributed by atoms with Gasteiger partial charge < -0.3 is 15.4 Å². The standard InChI is InChI=1S/C15H24N4O/c1-2-6-20-15-7-14(17-10-18-15)19-8-11-4-3-5-13(16)12(11)9-19/h7,10-13H,2-6,8-9,16H2,1H3. The van der Waals surface area contributed by atoms with E-state index in [0.717, 1.165) is 31.2 Å². The number of hydrogen-bond acceptors (Lipinski definition) is 5. The highest BCUT2D eigenvalue weighted by Crippen LogP contribution is 2.37. The molecule has 3 rings (SSSR count). The van der Waals surface area contributed by atoms with Crippen LogP contribution in [0.25, 0.3) is 0 Å². The Balaban J connectivity index is 1.70. The van der Waals surface area contributed by atoms with Crippen molar-refractivity contribution in [3.63, 3.8) is 0 Å². The fourth-order valence-electron chi connectivity index (χ4n) is 3.49. The number of fused-ring (bicyclic) bond motifs is 1. The van der Waals surface area contributed by atoms with E-state index >= 15 is 0 Å². The molecule has 1 aliphatic carbocycles. The number of nitrogens with two attached hydrogens (primary N) is 1. The molecule has 1 aliphatic heterocycles. The first-order valence-electron chi connectivity index (χ1n) is 7.73. The molecule has 5 heteroatoms. The molecule has 0 aromatic carbocycles. The lowest BCUT2D eigenvalue weighted by Gasteiger charge is -2.29. The molecule has 0 bridgehead atoms. The van der Waals surface area contributed by atoms with Crippen molar-refractivity contribution in [2.24, 2.45) is 17.6 Å². The summed E-state index contributed by atoms with van der Waals surface area (Å²) >= 11 is 0. The maximum atomic E-state index is 6.27. The van der Waals surface area contributed by atoms with Gasteiger partial charge in [0.25, 0.3) is 0 Å². The molecule has 5 nitrogen and oxygen atoms in total. The first-order chi connectivity index (χ1) is 9.78. The van der Waals surface area contributed by atoms with E-state index in [0.29, 0.717) is 24.4 Å². The molecule has 0 amide bonds. The number of nitrogens with zero attached hydrogens (tertiary/aromatic N) is 3. The number of ether oxygens (including phenoxy) is 1. The van der Waals surface area contributed by atoms with Crippen LogP contribution in [0.1, 0.15) is 32.6 Å². The van der Waals surface area contributed by atoms with Crippen LogP contribution in [0.5, 0.6) is 5.88 Å². The van der Waals surface area contributed by atoms with Gasteiger partial charge in [-0.1, -0.05) is 13.3 Å². The van der Waals surface area contributed by atoms with Crippen LogP contribution in [0, 0.1) is 11.8 Å². The SMILES string of the molecule is CCCOc1cc(N2CC3CCCC(N)C3C2)ncn1. The van der Waals surface area contributed by atoms with E-state index in [1.165, 1.54) is 19.3 Å². The van der Waals surface area contributed by atoms with Gasteiger partial charge in [-0.2, -0.15) is 0 Å². The molecule has 1 aromatic rings. The summed E-state index contributed by atoms with van der Waals surface area (Å²) in [5.74, 6) is 3.01. The minimum atomic E-state index is 0.358. The molecule has 3 atom stereocenters. The van der Waals surface area contributed by atoms with E-state index < -0.39 is 0 Å². The van der Waals surface area contributed by atoms with E-state index in [9.17, 15) is 0 Å². The highest BCUT2D eigenvalue weighted by Gasteiger charge is 2.39. The van der Waals surface area contributed by atoms with E-state index in [1.807, 2.05) is 6.07 Å². The Labute approximate surface area is 120 Å². The number of hydrogen-bond donors (Lipinski definition) is 1. The Morgan fingerprint density at radius 3 is 3.05 bits per heavy atom. The summed E-state index contributed by atoms with van der Waals surface area (Å²) in [6.45, 7) is 4.89. The van der Waals surface area contributed by atoms with Gasteiger partial charge in [-0.15, -0.1) is 0 Å². The van der Waals surface area contributed by atoms with Crippen LogP contribution < -0.4 is 15.4 Å². The molecule has 2 aliphatic rings. The average Bonchev–Trinajstić information content (AvgIpc) is 2.91. The van der Waals surface area contributed by atoms with Gasteiger partial charge in [0.2, 0.25) is 5.88 Å².